The summed E-state index contributed by atoms with van der Waals surface area (Å²) in [5.41, 5.74) is 4.34. The zero-order chi connectivity index (χ0) is 10.1. The van der Waals surface area contributed by atoms with E-state index in [1.165, 1.54) is 18.2 Å². The first-order valence-electron chi connectivity index (χ1n) is 3.51. The minimum Gasteiger partial charge on any atom is -0.326 e. The normalized spacial score (nSPS) is 10.9. The van der Waals surface area contributed by atoms with Crippen molar-refractivity contribution in [2.75, 3.05) is 0 Å². The Morgan fingerprint density at radius 1 is 1.29 bits per heavy atom. The molecule has 2 N–H and O–H groups in total. The fourth-order valence-electron chi connectivity index (χ4n) is 1.06. The highest BCUT2D eigenvalue weighted by Gasteiger charge is 2.35. The minimum atomic E-state index is -4.44. The number of alkyl halides is 3. The summed E-state index contributed by atoms with van der Waals surface area (Å²) in [7, 11) is 0. The van der Waals surface area contributed by atoms with Crippen LogP contribution >= 0.6 is 24.0 Å². The number of hydrogen-bond acceptors (Lipinski definition) is 1. The maximum Gasteiger partial charge on any atom is 0.418 e. The molecule has 0 saturated heterocycles. The van der Waals surface area contributed by atoms with Crippen LogP contribution in [0.5, 0.6) is 0 Å². The fourth-order valence-corrected chi connectivity index (χ4v) is 1.36. The predicted octanol–water partition coefficient (Wildman–Crippen LogP) is 3.24. The van der Waals surface area contributed by atoms with Gasteiger partial charge in [0.05, 0.1) is 10.6 Å². The van der Waals surface area contributed by atoms with E-state index < -0.39 is 11.7 Å². The van der Waals surface area contributed by atoms with Gasteiger partial charge in [-0.3, -0.25) is 0 Å². The molecule has 1 nitrogen and oxygen atoms in total. The highest BCUT2D eigenvalue weighted by atomic mass is 35.5. The third kappa shape index (κ3) is 2.77. The lowest BCUT2D eigenvalue weighted by Gasteiger charge is -2.12. The zero-order valence-corrected chi connectivity index (χ0v) is 8.51. The molecule has 0 bridgehead atoms. The molecule has 0 spiro atoms. The Kier molecular flexibility index (Phi) is 4.71. The molecule has 0 heterocycles. The van der Waals surface area contributed by atoms with Gasteiger partial charge in [0.2, 0.25) is 0 Å². The molecule has 0 amide bonds. The van der Waals surface area contributed by atoms with Crippen LogP contribution in [0.3, 0.4) is 0 Å². The summed E-state index contributed by atoms with van der Waals surface area (Å²) in [4.78, 5) is 0. The van der Waals surface area contributed by atoms with Crippen molar-refractivity contribution >= 4 is 24.0 Å². The molecular formula is C8H8Cl2F3N. The Morgan fingerprint density at radius 2 is 1.86 bits per heavy atom. The third-order valence-corrected chi connectivity index (χ3v) is 1.92. The topological polar surface area (TPSA) is 26.0 Å². The van der Waals surface area contributed by atoms with E-state index in [9.17, 15) is 13.2 Å². The molecule has 80 valence electrons. The van der Waals surface area contributed by atoms with Crippen molar-refractivity contribution in [1.82, 2.24) is 0 Å². The molecule has 1 aromatic rings. The van der Waals surface area contributed by atoms with E-state index >= 15 is 0 Å². The van der Waals surface area contributed by atoms with Gasteiger partial charge in [0.25, 0.3) is 0 Å². The number of benzene rings is 1. The Balaban J connectivity index is 0.00000169. The van der Waals surface area contributed by atoms with Crippen LogP contribution in [0.2, 0.25) is 5.02 Å². The van der Waals surface area contributed by atoms with Crippen molar-refractivity contribution in [2.45, 2.75) is 12.7 Å². The van der Waals surface area contributed by atoms with Crippen LogP contribution in [0.4, 0.5) is 13.2 Å². The molecule has 14 heavy (non-hydrogen) atoms. The molecule has 0 aliphatic rings. The lowest BCUT2D eigenvalue weighted by Crippen LogP contribution is -2.12. The summed E-state index contributed by atoms with van der Waals surface area (Å²) in [6.45, 7) is -0.171. The number of hydrogen-bond donors (Lipinski definition) is 1. The fraction of sp³-hybridized carbons (Fsp3) is 0.250. The van der Waals surface area contributed by atoms with Crippen LogP contribution in [-0.2, 0) is 12.7 Å². The molecule has 1 aromatic carbocycles. The molecule has 0 radical (unpaired) electrons. The van der Waals surface area contributed by atoms with Gasteiger partial charge in [-0.05, 0) is 11.6 Å². The second-order valence-electron chi connectivity index (χ2n) is 2.48. The van der Waals surface area contributed by atoms with Crippen LogP contribution in [0.25, 0.3) is 0 Å². The average Bonchev–Trinajstić information content (AvgIpc) is 2.01. The molecule has 0 aliphatic heterocycles. The van der Waals surface area contributed by atoms with Crippen molar-refractivity contribution < 1.29 is 13.2 Å². The third-order valence-electron chi connectivity index (χ3n) is 1.60. The lowest BCUT2D eigenvalue weighted by molar-refractivity contribution is -0.138. The van der Waals surface area contributed by atoms with E-state index in [4.69, 9.17) is 17.3 Å². The zero-order valence-electron chi connectivity index (χ0n) is 6.94. The van der Waals surface area contributed by atoms with E-state index in [0.717, 1.165) is 0 Å². The SMILES string of the molecule is Cl.NCc1cccc(Cl)c1C(F)(F)F. The summed E-state index contributed by atoms with van der Waals surface area (Å²) in [5.74, 6) is 0. The van der Waals surface area contributed by atoms with Crippen molar-refractivity contribution in [1.29, 1.82) is 0 Å². The Morgan fingerprint density at radius 3 is 2.21 bits per heavy atom. The standard InChI is InChI=1S/C8H7ClF3N.ClH/c9-6-3-1-2-5(4-13)7(6)8(10,11)12;/h1-3H,4,13H2;1H. The van der Waals surface area contributed by atoms with Gasteiger partial charge in [0, 0.05) is 6.54 Å². The number of halogens is 5. The predicted molar refractivity (Wildman–Crippen MR) is 51.6 cm³/mol. The van der Waals surface area contributed by atoms with E-state index in [1.54, 1.807) is 0 Å². The summed E-state index contributed by atoms with van der Waals surface area (Å²) in [6.07, 6.45) is -4.44. The van der Waals surface area contributed by atoms with Crippen molar-refractivity contribution in [3.05, 3.63) is 34.3 Å². The second kappa shape index (κ2) is 4.87. The molecule has 1 rings (SSSR count). The van der Waals surface area contributed by atoms with Gasteiger partial charge < -0.3 is 5.73 Å². The van der Waals surface area contributed by atoms with Gasteiger partial charge in [0.15, 0.2) is 0 Å². The van der Waals surface area contributed by atoms with Gasteiger partial charge in [-0.25, -0.2) is 0 Å². The molecule has 0 aromatic heterocycles. The first-order valence-corrected chi connectivity index (χ1v) is 3.89. The second-order valence-corrected chi connectivity index (χ2v) is 2.88. The molecule has 0 unspecified atom stereocenters. The first-order chi connectivity index (χ1) is 5.96. The molecular weight excluding hydrogens is 238 g/mol. The monoisotopic (exact) mass is 245 g/mol. The van der Waals surface area contributed by atoms with E-state index in [0.29, 0.717) is 0 Å². The number of nitrogens with two attached hydrogens (primary N) is 1. The number of rotatable bonds is 1. The van der Waals surface area contributed by atoms with Crippen molar-refractivity contribution in [3.63, 3.8) is 0 Å². The largest absolute Gasteiger partial charge is 0.418 e. The van der Waals surface area contributed by atoms with Gasteiger partial charge in [-0.2, -0.15) is 13.2 Å². The maximum absolute atomic E-state index is 12.4. The van der Waals surface area contributed by atoms with Gasteiger partial charge in [-0.1, -0.05) is 23.7 Å². The van der Waals surface area contributed by atoms with Crippen molar-refractivity contribution in [2.24, 2.45) is 5.73 Å². The van der Waals surface area contributed by atoms with Crippen LogP contribution < -0.4 is 5.73 Å². The van der Waals surface area contributed by atoms with Gasteiger partial charge >= 0.3 is 6.18 Å². The van der Waals surface area contributed by atoms with Crippen LogP contribution in [0.15, 0.2) is 18.2 Å². The summed E-state index contributed by atoms with van der Waals surface area (Å²) >= 11 is 5.42. The van der Waals surface area contributed by atoms with Gasteiger partial charge in [0.1, 0.15) is 0 Å². The average molecular weight is 246 g/mol. The highest BCUT2D eigenvalue weighted by molar-refractivity contribution is 6.31. The lowest BCUT2D eigenvalue weighted by atomic mass is 10.1. The molecule has 6 heteroatoms. The first kappa shape index (κ1) is 13.5. The molecule has 0 atom stereocenters. The summed E-state index contributed by atoms with van der Waals surface area (Å²) in [6, 6.07) is 3.96. The Labute approximate surface area is 90.5 Å². The molecule has 0 fully saturated rings. The van der Waals surface area contributed by atoms with E-state index in [2.05, 4.69) is 0 Å². The summed E-state index contributed by atoms with van der Waals surface area (Å²) in [5, 5.41) is -0.310. The molecule has 0 aliphatic carbocycles. The van der Waals surface area contributed by atoms with Crippen LogP contribution in [0.1, 0.15) is 11.1 Å². The van der Waals surface area contributed by atoms with Crippen LogP contribution in [-0.4, -0.2) is 0 Å². The highest BCUT2D eigenvalue weighted by Crippen LogP contribution is 2.36. The smallest absolute Gasteiger partial charge is 0.326 e. The van der Waals surface area contributed by atoms with E-state index in [-0.39, 0.29) is 29.5 Å². The quantitative estimate of drug-likeness (QED) is 0.808. The Hall–Kier alpha value is -0.450. The van der Waals surface area contributed by atoms with Gasteiger partial charge in [-0.15, -0.1) is 12.4 Å². The molecule has 0 saturated carbocycles. The van der Waals surface area contributed by atoms with Crippen LogP contribution in [0, 0.1) is 0 Å². The summed E-state index contributed by atoms with van der Waals surface area (Å²) < 4.78 is 37.1. The Bertz CT molecular complexity index is 312. The minimum absolute atomic E-state index is 0. The maximum atomic E-state index is 12.4. The van der Waals surface area contributed by atoms with E-state index in [1.807, 2.05) is 0 Å². The van der Waals surface area contributed by atoms with Crippen molar-refractivity contribution in [3.8, 4) is 0 Å².